The highest BCUT2D eigenvalue weighted by Crippen LogP contribution is 2.36. The molecule has 1 aliphatic heterocycles. The van der Waals surface area contributed by atoms with Gasteiger partial charge in [-0.15, -0.1) is 0 Å². The smallest absolute Gasteiger partial charge is 0.158 e. The summed E-state index contributed by atoms with van der Waals surface area (Å²) < 4.78 is 0. The third-order valence-corrected chi connectivity index (χ3v) is 2.50. The minimum atomic E-state index is 0.281. The Morgan fingerprint density at radius 1 is 1.21 bits per heavy atom. The maximum atomic E-state index is 5.60. The van der Waals surface area contributed by atoms with E-state index in [1.54, 1.807) is 0 Å². The van der Waals surface area contributed by atoms with Crippen LogP contribution in [0.1, 0.15) is 11.5 Å². The molecule has 1 aliphatic carbocycles. The van der Waals surface area contributed by atoms with Gasteiger partial charge in [0, 0.05) is 11.5 Å². The Morgan fingerprint density at radius 2 is 2.14 bits per heavy atom. The van der Waals surface area contributed by atoms with Crippen molar-refractivity contribution in [3.8, 4) is 0 Å². The quantitative estimate of drug-likeness (QED) is 0.668. The lowest BCUT2D eigenvalue weighted by Gasteiger charge is -2.08. The van der Waals surface area contributed by atoms with Crippen LogP contribution in [0.2, 0.25) is 0 Å². The molecule has 0 unspecified atom stereocenters. The highest BCUT2D eigenvalue weighted by atomic mass is 15.0. The van der Waals surface area contributed by atoms with Crippen LogP contribution in [0, 0.1) is 0 Å². The van der Waals surface area contributed by atoms with Gasteiger partial charge in [-0.1, -0.05) is 24.3 Å². The number of hydrogen-bond acceptors (Lipinski definition) is 3. The standard InChI is InChI=1S/C11H9N3/c12-10-6-5-8-7-3-1-2-4-9(7)13-11(8)14-10/h1-7H,(H2,12,14)/t7-/m1/s1. The molecule has 2 heterocycles. The van der Waals surface area contributed by atoms with E-state index < -0.39 is 0 Å². The van der Waals surface area contributed by atoms with E-state index >= 15 is 0 Å². The van der Waals surface area contributed by atoms with Gasteiger partial charge >= 0.3 is 0 Å². The molecule has 2 aliphatic rings. The maximum absolute atomic E-state index is 5.60. The Kier molecular flexibility index (Phi) is 1.36. The SMILES string of the molecule is Nc1ccc2c(n1)N=C1C=CC=C[C@@H]12. The van der Waals surface area contributed by atoms with Crippen LogP contribution in [0.25, 0.3) is 0 Å². The molecule has 1 atom stereocenters. The zero-order chi connectivity index (χ0) is 9.54. The predicted octanol–water partition coefficient (Wildman–Crippen LogP) is 1.96. The molecule has 68 valence electrons. The lowest BCUT2D eigenvalue weighted by atomic mass is 9.94. The first-order chi connectivity index (χ1) is 6.84. The topological polar surface area (TPSA) is 51.3 Å². The number of allylic oxidation sites excluding steroid dienone is 4. The van der Waals surface area contributed by atoms with Crippen LogP contribution in [0.5, 0.6) is 0 Å². The summed E-state index contributed by atoms with van der Waals surface area (Å²) in [7, 11) is 0. The number of pyridine rings is 1. The van der Waals surface area contributed by atoms with Crippen LogP contribution in [0.15, 0.2) is 41.4 Å². The number of nitrogens with zero attached hydrogens (tertiary/aromatic N) is 2. The second kappa shape index (κ2) is 2.54. The van der Waals surface area contributed by atoms with E-state index in [2.05, 4.69) is 16.1 Å². The average Bonchev–Trinajstić information content (AvgIpc) is 2.54. The number of nitrogen functional groups attached to an aromatic ring is 1. The van der Waals surface area contributed by atoms with Gasteiger partial charge in [0.25, 0.3) is 0 Å². The number of nitrogens with two attached hydrogens (primary N) is 1. The molecule has 3 nitrogen and oxygen atoms in total. The molecule has 0 saturated heterocycles. The van der Waals surface area contributed by atoms with E-state index in [0.29, 0.717) is 5.82 Å². The summed E-state index contributed by atoms with van der Waals surface area (Å²) in [6.45, 7) is 0. The van der Waals surface area contributed by atoms with Gasteiger partial charge in [-0.25, -0.2) is 9.98 Å². The number of aromatic nitrogens is 1. The molecule has 2 N–H and O–H groups in total. The Labute approximate surface area is 81.7 Å². The third-order valence-electron chi connectivity index (χ3n) is 2.50. The molecule has 0 bridgehead atoms. The minimum absolute atomic E-state index is 0.281. The van der Waals surface area contributed by atoms with Crippen molar-refractivity contribution in [3.63, 3.8) is 0 Å². The van der Waals surface area contributed by atoms with E-state index in [9.17, 15) is 0 Å². The van der Waals surface area contributed by atoms with Crippen molar-refractivity contribution < 1.29 is 0 Å². The first kappa shape index (κ1) is 7.50. The summed E-state index contributed by atoms with van der Waals surface area (Å²) in [6, 6.07) is 3.83. The minimum Gasteiger partial charge on any atom is -0.384 e. The molecule has 1 aromatic rings. The van der Waals surface area contributed by atoms with E-state index in [1.807, 2.05) is 30.4 Å². The maximum Gasteiger partial charge on any atom is 0.158 e. The van der Waals surface area contributed by atoms with Crippen molar-refractivity contribution in [1.29, 1.82) is 0 Å². The molecule has 0 radical (unpaired) electrons. The number of rotatable bonds is 0. The molecule has 1 aromatic heterocycles. The van der Waals surface area contributed by atoms with Crippen molar-refractivity contribution in [2.24, 2.45) is 4.99 Å². The van der Waals surface area contributed by atoms with Gasteiger partial charge < -0.3 is 5.73 Å². The monoisotopic (exact) mass is 183 g/mol. The fourth-order valence-electron chi connectivity index (χ4n) is 1.83. The van der Waals surface area contributed by atoms with Crippen LogP contribution in [0.4, 0.5) is 11.6 Å². The Hall–Kier alpha value is -1.90. The molecule has 0 aromatic carbocycles. The highest BCUT2D eigenvalue weighted by molar-refractivity contribution is 6.07. The summed E-state index contributed by atoms with van der Waals surface area (Å²) in [4.78, 5) is 8.62. The van der Waals surface area contributed by atoms with Gasteiger partial charge in [0.15, 0.2) is 5.82 Å². The lowest BCUT2D eigenvalue weighted by Crippen LogP contribution is -2.04. The van der Waals surface area contributed by atoms with Gasteiger partial charge in [-0.2, -0.15) is 0 Å². The average molecular weight is 183 g/mol. The van der Waals surface area contributed by atoms with Crippen molar-refractivity contribution >= 4 is 17.3 Å². The van der Waals surface area contributed by atoms with Crippen LogP contribution in [0.3, 0.4) is 0 Å². The van der Waals surface area contributed by atoms with Gasteiger partial charge in [0.05, 0.1) is 5.71 Å². The van der Waals surface area contributed by atoms with Gasteiger partial charge in [-0.3, -0.25) is 0 Å². The van der Waals surface area contributed by atoms with Crippen molar-refractivity contribution in [2.75, 3.05) is 5.73 Å². The molecule has 3 heteroatoms. The Bertz CT molecular complexity index is 483. The summed E-state index contributed by atoms with van der Waals surface area (Å²) in [5, 5.41) is 0. The third kappa shape index (κ3) is 0.923. The molecular formula is C11H9N3. The fraction of sp³-hybridized carbons (Fsp3) is 0.0909. The Balaban J connectivity index is 2.20. The van der Waals surface area contributed by atoms with Crippen LogP contribution in [-0.4, -0.2) is 10.7 Å². The van der Waals surface area contributed by atoms with Crippen molar-refractivity contribution in [3.05, 3.63) is 42.0 Å². The fourth-order valence-corrected chi connectivity index (χ4v) is 1.83. The Morgan fingerprint density at radius 3 is 3.07 bits per heavy atom. The molecule has 14 heavy (non-hydrogen) atoms. The van der Waals surface area contributed by atoms with Gasteiger partial charge in [0.2, 0.25) is 0 Å². The molecule has 0 spiro atoms. The van der Waals surface area contributed by atoms with Gasteiger partial charge in [-0.05, 0) is 12.1 Å². The predicted molar refractivity (Wildman–Crippen MR) is 56.8 cm³/mol. The second-order valence-corrected chi connectivity index (χ2v) is 3.41. The molecule has 0 amide bonds. The molecular weight excluding hydrogens is 174 g/mol. The summed E-state index contributed by atoms with van der Waals surface area (Å²) in [6.07, 6.45) is 8.17. The van der Waals surface area contributed by atoms with E-state index in [4.69, 9.17) is 5.73 Å². The van der Waals surface area contributed by atoms with Crippen molar-refractivity contribution in [1.82, 2.24) is 4.98 Å². The van der Waals surface area contributed by atoms with Crippen LogP contribution >= 0.6 is 0 Å². The van der Waals surface area contributed by atoms with Crippen LogP contribution in [-0.2, 0) is 0 Å². The molecule has 0 fully saturated rings. The van der Waals surface area contributed by atoms with Gasteiger partial charge in [0.1, 0.15) is 5.82 Å². The molecule has 0 saturated carbocycles. The second-order valence-electron chi connectivity index (χ2n) is 3.41. The first-order valence-electron chi connectivity index (χ1n) is 4.54. The lowest BCUT2D eigenvalue weighted by molar-refractivity contribution is 1.16. The van der Waals surface area contributed by atoms with E-state index in [1.165, 1.54) is 0 Å². The zero-order valence-electron chi connectivity index (χ0n) is 7.51. The number of aliphatic imine (C=N–C) groups is 1. The number of anilines is 1. The summed E-state index contributed by atoms with van der Waals surface area (Å²) >= 11 is 0. The van der Waals surface area contributed by atoms with E-state index in [-0.39, 0.29) is 5.92 Å². The number of hydrogen-bond donors (Lipinski definition) is 1. The normalized spacial score (nSPS) is 21.7. The van der Waals surface area contributed by atoms with Crippen LogP contribution < -0.4 is 5.73 Å². The molecule has 3 rings (SSSR count). The number of fused-ring (bicyclic) bond motifs is 3. The highest BCUT2D eigenvalue weighted by Gasteiger charge is 2.25. The first-order valence-corrected chi connectivity index (χ1v) is 4.54. The largest absolute Gasteiger partial charge is 0.384 e. The summed E-state index contributed by atoms with van der Waals surface area (Å²) in [5.74, 6) is 1.57. The summed E-state index contributed by atoms with van der Waals surface area (Å²) in [5.41, 5.74) is 7.81. The zero-order valence-corrected chi connectivity index (χ0v) is 7.51. The van der Waals surface area contributed by atoms with Crippen molar-refractivity contribution in [2.45, 2.75) is 5.92 Å². The van der Waals surface area contributed by atoms with E-state index in [0.717, 1.165) is 17.1 Å².